The molecule has 13 nitrogen and oxygen atoms in total. The van der Waals surface area contributed by atoms with E-state index in [1.807, 2.05) is 6.92 Å². The molecule has 1 heterocycles. The molecular formula is C25H35F4N7O6. The topological polar surface area (TPSA) is 176 Å². The number of benzene rings is 1. The third kappa shape index (κ3) is 11.3. The molecule has 0 saturated carbocycles. The fourth-order valence-electron chi connectivity index (χ4n) is 3.96. The van der Waals surface area contributed by atoms with Gasteiger partial charge in [0, 0.05) is 30.5 Å². The minimum Gasteiger partial charge on any atom is -0.377 e. The van der Waals surface area contributed by atoms with Crippen LogP contribution in [0.3, 0.4) is 0 Å². The summed E-state index contributed by atoms with van der Waals surface area (Å²) in [6.07, 6.45) is 3.89. The van der Waals surface area contributed by atoms with Crippen LogP contribution in [0, 0.1) is 23.3 Å². The van der Waals surface area contributed by atoms with E-state index in [2.05, 4.69) is 31.3 Å². The minimum absolute atomic E-state index is 0.0507. The molecule has 2 rings (SSSR count). The maximum atomic E-state index is 14.0. The average molecular weight is 606 g/mol. The summed E-state index contributed by atoms with van der Waals surface area (Å²) in [5.41, 5.74) is 5.24. The first kappa shape index (κ1) is 34.5. The van der Waals surface area contributed by atoms with Crippen molar-refractivity contribution in [1.82, 2.24) is 21.3 Å². The van der Waals surface area contributed by atoms with Gasteiger partial charge in [0.2, 0.25) is 5.91 Å². The number of urea groups is 1. The lowest BCUT2D eigenvalue weighted by atomic mass is 10.0. The van der Waals surface area contributed by atoms with E-state index in [9.17, 15) is 31.9 Å². The predicted molar refractivity (Wildman–Crippen MR) is 141 cm³/mol. The number of nitrogens with zero attached hydrogens (tertiary/aromatic N) is 3. The number of ether oxygens (including phenoxy) is 3. The van der Waals surface area contributed by atoms with Crippen LogP contribution >= 0.6 is 0 Å². The number of hydrogen-bond donors (Lipinski definition) is 4. The first-order chi connectivity index (χ1) is 20.2. The Morgan fingerprint density at radius 3 is 1.98 bits per heavy atom. The molecule has 4 N–H and O–H groups in total. The molecule has 1 aliphatic heterocycles. The molecule has 1 aromatic carbocycles. The summed E-state index contributed by atoms with van der Waals surface area (Å²) in [6, 6.07) is 0.110. The van der Waals surface area contributed by atoms with Crippen LogP contribution in [0.4, 0.5) is 28.0 Å². The molecule has 2 atom stereocenters. The fourth-order valence-corrected chi connectivity index (χ4v) is 3.96. The number of hydrogen-bond acceptors (Lipinski definition) is 7. The lowest BCUT2D eigenvalue weighted by Gasteiger charge is -2.13. The van der Waals surface area contributed by atoms with Crippen LogP contribution in [0.1, 0.15) is 49.4 Å². The smallest absolute Gasteiger partial charge is 0.315 e. The Hall–Kier alpha value is -3.66. The molecule has 1 aliphatic rings. The van der Waals surface area contributed by atoms with Crippen LogP contribution in [-0.2, 0) is 19.0 Å². The van der Waals surface area contributed by atoms with Crippen molar-refractivity contribution in [3.8, 4) is 0 Å². The number of amides is 4. The Morgan fingerprint density at radius 1 is 0.857 bits per heavy atom. The van der Waals surface area contributed by atoms with Gasteiger partial charge in [0.25, 0.3) is 5.91 Å². The van der Waals surface area contributed by atoms with E-state index in [1.54, 1.807) is 0 Å². The number of rotatable bonds is 20. The largest absolute Gasteiger partial charge is 0.377 e. The van der Waals surface area contributed by atoms with E-state index in [0.717, 1.165) is 25.7 Å². The quantitative estimate of drug-likeness (QED) is 0.0443. The zero-order valence-corrected chi connectivity index (χ0v) is 23.2. The lowest BCUT2D eigenvalue weighted by Crippen LogP contribution is -2.30. The molecule has 17 heteroatoms. The van der Waals surface area contributed by atoms with Crippen LogP contribution in [0.5, 0.6) is 0 Å². The number of carbonyl (C=O) groups excluding carboxylic acids is 3. The van der Waals surface area contributed by atoms with Crippen molar-refractivity contribution in [1.29, 1.82) is 0 Å². The monoisotopic (exact) mass is 605 g/mol. The van der Waals surface area contributed by atoms with Gasteiger partial charge in [-0.15, -0.1) is 0 Å². The number of halogens is 4. The van der Waals surface area contributed by atoms with Crippen LogP contribution in [0.15, 0.2) is 5.11 Å². The average Bonchev–Trinajstić information content (AvgIpc) is 3.28. The highest BCUT2D eigenvalue weighted by atomic mass is 19.2. The maximum Gasteiger partial charge on any atom is 0.315 e. The highest BCUT2D eigenvalue weighted by molar-refractivity contribution is 5.95. The SMILES string of the molecule is C[C@@H]1NC(=O)N[C@@H]1CCCCCC(=O)NCCOCCOCCOCCNC(=O)c1c(F)c(F)c(N=[N+]=[N-])c(F)c1F. The highest BCUT2D eigenvalue weighted by Gasteiger charge is 2.29. The van der Waals surface area contributed by atoms with Gasteiger partial charge in [-0.3, -0.25) is 9.59 Å². The molecule has 0 radical (unpaired) electrons. The van der Waals surface area contributed by atoms with Crippen molar-refractivity contribution in [2.24, 2.45) is 5.11 Å². The van der Waals surface area contributed by atoms with Gasteiger partial charge in [-0.25, -0.2) is 22.4 Å². The van der Waals surface area contributed by atoms with Gasteiger partial charge in [-0.2, -0.15) is 0 Å². The summed E-state index contributed by atoms with van der Waals surface area (Å²) in [7, 11) is 0. The number of carbonyl (C=O) groups is 3. The zero-order valence-electron chi connectivity index (χ0n) is 23.2. The Kier molecular flexibility index (Phi) is 15.4. The van der Waals surface area contributed by atoms with Gasteiger partial charge < -0.3 is 35.5 Å². The maximum absolute atomic E-state index is 14.0. The summed E-state index contributed by atoms with van der Waals surface area (Å²) in [4.78, 5) is 37.2. The van der Waals surface area contributed by atoms with Crippen molar-refractivity contribution < 1.29 is 46.2 Å². The Labute approximate surface area is 239 Å². The molecule has 1 aromatic rings. The van der Waals surface area contributed by atoms with Gasteiger partial charge in [0.1, 0.15) is 11.3 Å². The lowest BCUT2D eigenvalue weighted by molar-refractivity contribution is -0.121. The third-order valence-electron chi connectivity index (χ3n) is 6.15. The summed E-state index contributed by atoms with van der Waals surface area (Å²) < 4.78 is 71.4. The van der Waals surface area contributed by atoms with Crippen molar-refractivity contribution in [3.63, 3.8) is 0 Å². The van der Waals surface area contributed by atoms with Gasteiger partial charge >= 0.3 is 6.03 Å². The van der Waals surface area contributed by atoms with Crippen LogP contribution < -0.4 is 21.3 Å². The van der Waals surface area contributed by atoms with E-state index in [-0.39, 0.29) is 57.0 Å². The minimum atomic E-state index is -1.99. The van der Waals surface area contributed by atoms with E-state index in [0.29, 0.717) is 26.2 Å². The molecule has 0 unspecified atom stereocenters. The second-order valence-corrected chi connectivity index (χ2v) is 9.22. The van der Waals surface area contributed by atoms with Crippen molar-refractivity contribution >= 4 is 23.5 Å². The van der Waals surface area contributed by atoms with E-state index < -0.39 is 40.4 Å². The second kappa shape index (κ2) is 18.7. The normalized spacial score (nSPS) is 16.0. The number of unbranched alkanes of at least 4 members (excludes halogenated alkanes) is 2. The van der Waals surface area contributed by atoms with E-state index in [1.165, 1.54) is 0 Å². The van der Waals surface area contributed by atoms with Crippen LogP contribution in [-0.4, -0.2) is 82.7 Å². The Balaban J connectivity index is 1.42. The molecule has 234 valence electrons. The molecule has 1 saturated heterocycles. The first-order valence-electron chi connectivity index (χ1n) is 13.4. The summed E-state index contributed by atoms with van der Waals surface area (Å²) in [5.74, 6) is -9.40. The fraction of sp³-hybridized carbons (Fsp3) is 0.640. The highest BCUT2D eigenvalue weighted by Crippen LogP contribution is 2.30. The molecule has 0 aliphatic carbocycles. The zero-order chi connectivity index (χ0) is 30.9. The van der Waals surface area contributed by atoms with Crippen molar-refractivity contribution in [3.05, 3.63) is 39.3 Å². The Bertz CT molecular complexity index is 1090. The first-order valence-corrected chi connectivity index (χ1v) is 13.4. The predicted octanol–water partition coefficient (Wildman–Crippen LogP) is 3.10. The van der Waals surface area contributed by atoms with Crippen LogP contribution in [0.2, 0.25) is 0 Å². The van der Waals surface area contributed by atoms with E-state index in [4.69, 9.17) is 19.7 Å². The standard InChI is InChI=1S/C25H35F4N7O6/c1-15-16(34-25(39)33-15)5-3-2-4-6-17(37)31-7-9-40-11-13-42-14-12-41-10-8-32-24(38)18-19(26)21(28)23(35-36-30)22(29)20(18)27/h15-16H,2-14H2,1H3,(H,31,37)(H,32,38)(H2,33,34,39)/t15-,16+/m0/s1. The molecule has 0 aromatic heterocycles. The van der Waals surface area contributed by atoms with Gasteiger partial charge in [0.15, 0.2) is 23.3 Å². The Morgan fingerprint density at radius 2 is 1.43 bits per heavy atom. The van der Waals surface area contributed by atoms with Crippen LogP contribution in [0.25, 0.3) is 10.4 Å². The van der Waals surface area contributed by atoms with Gasteiger partial charge in [-0.1, -0.05) is 18.0 Å². The second-order valence-electron chi connectivity index (χ2n) is 9.22. The number of azide groups is 1. The van der Waals surface area contributed by atoms with Crippen molar-refractivity contribution in [2.45, 2.75) is 51.1 Å². The van der Waals surface area contributed by atoms with Gasteiger partial charge in [0.05, 0.1) is 45.7 Å². The molecule has 0 spiro atoms. The molecule has 42 heavy (non-hydrogen) atoms. The molecule has 1 fully saturated rings. The van der Waals surface area contributed by atoms with E-state index >= 15 is 0 Å². The van der Waals surface area contributed by atoms with Crippen molar-refractivity contribution in [2.75, 3.05) is 52.7 Å². The number of nitrogens with one attached hydrogen (secondary N) is 4. The molecule has 4 amide bonds. The molecule has 0 bridgehead atoms. The third-order valence-corrected chi connectivity index (χ3v) is 6.15. The van der Waals surface area contributed by atoms with Gasteiger partial charge in [-0.05, 0) is 25.3 Å². The molecular weight excluding hydrogens is 570 g/mol. The summed E-state index contributed by atoms with van der Waals surface area (Å²) in [5, 5.41) is 13.1. The summed E-state index contributed by atoms with van der Waals surface area (Å²) in [6.45, 7) is 3.24. The summed E-state index contributed by atoms with van der Waals surface area (Å²) >= 11 is 0.